The Hall–Kier alpha value is -2.31. The number of aryl methyl sites for hydroxylation is 1. The highest BCUT2D eigenvalue weighted by atomic mass is 19.3. The Morgan fingerprint density at radius 1 is 1.14 bits per heavy atom. The molecular weight excluding hydrogens is 289 g/mol. The molecule has 3 heterocycles. The smallest absolute Gasteiger partial charge is 0.626 e. The second-order valence-electron chi connectivity index (χ2n) is 5.15. The van der Waals surface area contributed by atoms with E-state index < -0.39 is 7.11 Å². The first-order valence-corrected chi connectivity index (χ1v) is 7.34. The minimum atomic E-state index is -4.39. The van der Waals surface area contributed by atoms with Crippen LogP contribution in [0.1, 0.15) is 31.7 Å². The van der Waals surface area contributed by atoms with Crippen molar-refractivity contribution in [3.05, 3.63) is 53.2 Å². The van der Waals surface area contributed by atoms with Crippen LogP contribution in [0.3, 0.4) is 0 Å². The molecule has 2 aliphatic heterocycles. The highest BCUT2D eigenvalue weighted by molar-refractivity contribution is 6.53. The second kappa shape index (κ2) is 5.48. The zero-order chi connectivity index (χ0) is 15.7. The zero-order valence-electron chi connectivity index (χ0n) is 12.5. The maximum absolute atomic E-state index is 13.8. The summed E-state index contributed by atoms with van der Waals surface area (Å²) in [5.41, 5.74) is 2.94. The van der Waals surface area contributed by atoms with Gasteiger partial charge in [-0.2, -0.15) is 0 Å². The van der Waals surface area contributed by atoms with Gasteiger partial charge < -0.3 is 22.9 Å². The highest BCUT2D eigenvalue weighted by Gasteiger charge is 2.40. The van der Waals surface area contributed by atoms with Crippen molar-refractivity contribution in [2.45, 2.75) is 26.7 Å². The van der Waals surface area contributed by atoms with Gasteiger partial charge in [0, 0.05) is 30.3 Å². The molecule has 0 aromatic carbocycles. The normalized spacial score (nSPS) is 22.9. The molecule has 2 N–H and O–H groups in total. The lowest BCUT2D eigenvalue weighted by Gasteiger charge is -2.33. The second-order valence-corrected chi connectivity index (χ2v) is 5.15. The summed E-state index contributed by atoms with van der Waals surface area (Å²) in [7, 11) is -4.39. The number of halogens is 2. The number of aromatic amines is 1. The Labute approximate surface area is 127 Å². The molecule has 4 nitrogen and oxygen atoms in total. The van der Waals surface area contributed by atoms with Gasteiger partial charge in [-0.3, -0.25) is 0 Å². The van der Waals surface area contributed by atoms with Crippen molar-refractivity contribution in [3.63, 3.8) is 0 Å². The summed E-state index contributed by atoms with van der Waals surface area (Å²) in [6.07, 6.45) is 6.64. The lowest BCUT2D eigenvalue weighted by atomic mass is 10.1. The van der Waals surface area contributed by atoms with E-state index in [4.69, 9.17) is 9.31 Å². The fraction of sp³-hybridized carbons (Fsp3) is 0.267. The van der Waals surface area contributed by atoms with Crippen molar-refractivity contribution < 1.29 is 22.9 Å². The van der Waals surface area contributed by atoms with E-state index in [1.165, 1.54) is 6.08 Å². The number of rotatable bonds is 3. The Morgan fingerprint density at radius 3 is 2.59 bits per heavy atom. The first kappa shape index (κ1) is 14.6. The maximum atomic E-state index is 13.8. The van der Waals surface area contributed by atoms with Gasteiger partial charge in [0.15, 0.2) is 11.5 Å². The van der Waals surface area contributed by atoms with Crippen LogP contribution in [0.15, 0.2) is 41.8 Å². The number of H-pyrrole nitrogens is 1. The van der Waals surface area contributed by atoms with Crippen molar-refractivity contribution in [2.75, 3.05) is 0 Å². The lowest BCUT2D eigenvalue weighted by molar-refractivity contribution is -0.390. The molecule has 3 rings (SSSR count). The van der Waals surface area contributed by atoms with E-state index >= 15 is 0 Å². The van der Waals surface area contributed by atoms with E-state index in [1.807, 2.05) is 26.0 Å². The number of hydrogen-bond donors (Lipinski definition) is 2. The van der Waals surface area contributed by atoms with Gasteiger partial charge in [-0.15, -0.1) is 0 Å². The van der Waals surface area contributed by atoms with E-state index in [1.54, 1.807) is 12.1 Å². The monoisotopic (exact) mass is 306 g/mol. The summed E-state index contributed by atoms with van der Waals surface area (Å²) in [6.45, 7) is 3.96. The molecule has 0 amide bonds. The molecule has 0 spiro atoms. The maximum Gasteiger partial charge on any atom is 0.726 e. The quantitative estimate of drug-likeness (QED) is 0.840. The van der Waals surface area contributed by atoms with Gasteiger partial charge in [-0.25, -0.2) is 4.99 Å². The van der Waals surface area contributed by atoms with Gasteiger partial charge in [0.25, 0.3) is 0 Å². The summed E-state index contributed by atoms with van der Waals surface area (Å²) in [5, 5.41) is 0. The van der Waals surface area contributed by atoms with E-state index in [0.717, 1.165) is 24.2 Å². The van der Waals surface area contributed by atoms with Crippen LogP contribution >= 0.6 is 0 Å². The van der Waals surface area contributed by atoms with Crippen LogP contribution in [-0.2, 0) is 15.7 Å². The average Bonchev–Trinajstić information content (AvgIpc) is 3.14. The van der Waals surface area contributed by atoms with Gasteiger partial charge in [-0.1, -0.05) is 13.8 Å². The van der Waals surface area contributed by atoms with Gasteiger partial charge >= 0.3 is 7.11 Å². The van der Waals surface area contributed by atoms with Crippen LogP contribution in [0.2, 0.25) is 0 Å². The van der Waals surface area contributed by atoms with Crippen molar-refractivity contribution in [2.24, 2.45) is 0 Å². The van der Waals surface area contributed by atoms with Crippen LogP contribution < -0.4 is 4.99 Å². The Morgan fingerprint density at radius 2 is 1.95 bits per heavy atom. The Bertz CT molecular complexity index is 717. The molecular formula is C15H17BF2N2O2. The third-order valence-electron chi connectivity index (χ3n) is 3.58. The molecule has 116 valence electrons. The van der Waals surface area contributed by atoms with Crippen LogP contribution in [-0.4, -0.2) is 17.8 Å². The number of nitrogens with one attached hydrogen (secondary N) is 2. The van der Waals surface area contributed by atoms with Gasteiger partial charge in [-0.05, 0) is 18.6 Å². The van der Waals surface area contributed by atoms with Crippen molar-refractivity contribution >= 4 is 18.6 Å². The van der Waals surface area contributed by atoms with E-state index in [2.05, 4.69) is 9.98 Å². The summed E-state index contributed by atoms with van der Waals surface area (Å²) < 4.78 is 37.0. The number of aromatic nitrogens is 1. The van der Waals surface area contributed by atoms with E-state index in [0.29, 0.717) is 11.4 Å². The first-order chi connectivity index (χ1) is 10.5. The molecule has 0 unspecified atom stereocenters. The third kappa shape index (κ3) is 2.84. The van der Waals surface area contributed by atoms with Gasteiger partial charge in [0.2, 0.25) is 5.70 Å². The predicted molar refractivity (Wildman–Crippen MR) is 80.7 cm³/mol. The third-order valence-corrected chi connectivity index (χ3v) is 3.58. The molecule has 22 heavy (non-hydrogen) atoms. The average molecular weight is 306 g/mol. The summed E-state index contributed by atoms with van der Waals surface area (Å²) in [4.78, 5) is 6.13. The Balaban J connectivity index is 2.01. The lowest BCUT2D eigenvalue weighted by Crippen LogP contribution is -2.68. The topological polar surface area (TPSA) is 48.2 Å². The number of allylic oxidation sites excluding steroid dienone is 3. The number of hydrogen-bond acceptors (Lipinski definition) is 2. The van der Waals surface area contributed by atoms with Crippen LogP contribution in [0.25, 0.3) is 5.76 Å². The van der Waals surface area contributed by atoms with Crippen molar-refractivity contribution in [3.8, 4) is 0 Å². The standard InChI is InChI=1S/C15H16BF2N2O2/c1-3-10-5-7-12(19-10)14-9-15(22-16(17,18)21-14)13-8-6-11(4-2)20-13/h5-9,19H,3-4H2,1-2H3/q-1/p+1/b15-13-. The molecule has 0 aliphatic carbocycles. The molecule has 0 saturated heterocycles. The molecule has 1 aromatic heterocycles. The predicted octanol–water partition coefficient (Wildman–Crippen LogP) is 2.05. The molecule has 1 aromatic rings. The fourth-order valence-electron chi connectivity index (χ4n) is 2.37. The molecule has 2 aliphatic rings. The van der Waals surface area contributed by atoms with Gasteiger partial charge in [0.05, 0.1) is 5.69 Å². The van der Waals surface area contributed by atoms with Crippen molar-refractivity contribution in [1.29, 1.82) is 0 Å². The summed E-state index contributed by atoms with van der Waals surface area (Å²) in [5.74, 6) is 0.164. The molecule has 7 heteroatoms. The summed E-state index contributed by atoms with van der Waals surface area (Å²) >= 11 is 0. The van der Waals surface area contributed by atoms with Crippen LogP contribution in [0.5, 0.6) is 0 Å². The Kier molecular flexibility index (Phi) is 3.64. The highest BCUT2D eigenvalue weighted by Crippen LogP contribution is 2.32. The first-order valence-electron chi connectivity index (χ1n) is 7.34. The van der Waals surface area contributed by atoms with E-state index in [-0.39, 0.29) is 11.5 Å². The molecule has 0 atom stereocenters. The molecule has 0 saturated carbocycles. The van der Waals surface area contributed by atoms with Gasteiger partial charge in [0.1, 0.15) is 5.76 Å². The minimum absolute atomic E-state index is 0.0820. The fourth-order valence-corrected chi connectivity index (χ4v) is 2.37. The van der Waals surface area contributed by atoms with E-state index in [9.17, 15) is 8.63 Å². The minimum Gasteiger partial charge on any atom is -0.626 e. The van der Waals surface area contributed by atoms with Crippen LogP contribution in [0.4, 0.5) is 8.63 Å². The SMILES string of the molecule is CCC1=[NH+]/C(=C2/C=C(c3ccc(CC)[nH]3)O[B-](F)(F)O2)C=C1. The molecule has 0 radical (unpaired) electrons. The largest absolute Gasteiger partial charge is 0.726 e. The molecule has 0 fully saturated rings. The van der Waals surface area contributed by atoms with Crippen molar-refractivity contribution in [1.82, 2.24) is 4.98 Å². The molecule has 0 bridgehead atoms. The summed E-state index contributed by atoms with van der Waals surface area (Å²) in [6, 6.07) is 3.58. The zero-order valence-corrected chi connectivity index (χ0v) is 12.5. The van der Waals surface area contributed by atoms with Crippen LogP contribution in [0, 0.1) is 0 Å².